The number of H-pyrrole nitrogens is 1. The van der Waals surface area contributed by atoms with Crippen LogP contribution in [-0.4, -0.2) is 24.7 Å². The Bertz CT molecular complexity index is 1440. The van der Waals surface area contributed by atoms with E-state index >= 15 is 0 Å². The maximum Gasteiger partial charge on any atom is 0.142 e. The number of fused-ring (bicyclic) bond motifs is 1. The first-order valence-corrected chi connectivity index (χ1v) is 13.9. The second-order valence-corrected chi connectivity index (χ2v) is 14.8. The van der Waals surface area contributed by atoms with Crippen LogP contribution in [0.15, 0.2) is 12.4 Å². The van der Waals surface area contributed by atoms with Crippen LogP contribution in [0.1, 0.15) is 100 Å². The van der Waals surface area contributed by atoms with E-state index in [0.717, 1.165) is 39.4 Å². The molecule has 6 nitrogen and oxygen atoms in total. The summed E-state index contributed by atoms with van der Waals surface area (Å²) in [4.78, 5) is 13.0. The van der Waals surface area contributed by atoms with Gasteiger partial charge in [-0.25, -0.2) is 9.97 Å². The molecule has 0 aliphatic heterocycles. The molecule has 0 bridgehead atoms. The molecule has 1 saturated carbocycles. The molecule has 3 heterocycles. The molecule has 0 unspecified atom stereocenters. The maximum absolute atomic E-state index is 10.7. The van der Waals surface area contributed by atoms with Gasteiger partial charge >= 0.3 is 0 Å². The monoisotopic (exact) mass is 516 g/mol. The highest BCUT2D eigenvalue weighted by Gasteiger charge is 2.80. The Morgan fingerprint density at radius 1 is 0.842 bits per heavy atom. The lowest BCUT2D eigenvalue weighted by Crippen LogP contribution is -2.65. The highest BCUT2D eigenvalue weighted by molar-refractivity contribution is 5.94. The van der Waals surface area contributed by atoms with Gasteiger partial charge in [-0.15, -0.1) is 0 Å². The zero-order valence-electron chi connectivity index (χ0n) is 26.4. The van der Waals surface area contributed by atoms with E-state index < -0.39 is 11.0 Å². The summed E-state index contributed by atoms with van der Waals surface area (Å²) in [6.45, 7) is 34.2. The minimum atomic E-state index is -0.729. The van der Waals surface area contributed by atoms with Crippen molar-refractivity contribution in [3.63, 3.8) is 0 Å². The number of rotatable bonds is 4. The molecule has 1 atom stereocenters. The lowest BCUT2D eigenvalue weighted by Gasteiger charge is -2.63. The van der Waals surface area contributed by atoms with Gasteiger partial charge in [-0.2, -0.15) is 10.4 Å². The fourth-order valence-corrected chi connectivity index (χ4v) is 8.44. The molecule has 38 heavy (non-hydrogen) atoms. The SMILES string of the molecule is Cc1nc(-c2cnn([C@](C)(C(C)(C)C#N)C3(C)C(C)(C)C(C)(C)C(C)(C)C3(C)C)c2)c2c(C)c(C)[nH]c2n1. The molecule has 3 aromatic rings. The smallest absolute Gasteiger partial charge is 0.142 e. The van der Waals surface area contributed by atoms with Crippen molar-refractivity contribution < 1.29 is 0 Å². The van der Waals surface area contributed by atoms with Crippen LogP contribution >= 0.6 is 0 Å². The normalized spacial score (nSPS) is 22.8. The van der Waals surface area contributed by atoms with Gasteiger partial charge in [-0.05, 0) is 68.8 Å². The van der Waals surface area contributed by atoms with Crippen LogP contribution in [0.2, 0.25) is 0 Å². The van der Waals surface area contributed by atoms with Gasteiger partial charge in [0.15, 0.2) is 0 Å². The number of nitrogens with zero attached hydrogens (tertiary/aromatic N) is 5. The first-order chi connectivity index (χ1) is 17.1. The molecule has 3 aromatic heterocycles. The fourth-order valence-electron chi connectivity index (χ4n) is 8.44. The van der Waals surface area contributed by atoms with Crippen LogP contribution < -0.4 is 0 Å². The fraction of sp³-hybridized carbons (Fsp3) is 0.688. The Hall–Kier alpha value is -2.68. The molecular weight excluding hydrogens is 468 g/mol. The number of aromatic amines is 1. The molecule has 0 radical (unpaired) electrons. The Labute approximate surface area is 229 Å². The van der Waals surface area contributed by atoms with Crippen LogP contribution in [0.3, 0.4) is 0 Å². The summed E-state index contributed by atoms with van der Waals surface area (Å²) in [7, 11) is 0. The summed E-state index contributed by atoms with van der Waals surface area (Å²) < 4.78 is 2.10. The topological polar surface area (TPSA) is 83.2 Å². The first kappa shape index (κ1) is 28.3. The maximum atomic E-state index is 10.7. The Morgan fingerprint density at radius 2 is 1.37 bits per heavy atom. The molecule has 1 aliphatic carbocycles. The minimum absolute atomic E-state index is 0.0171. The van der Waals surface area contributed by atoms with Crippen LogP contribution in [0.4, 0.5) is 0 Å². The number of nitriles is 1. The zero-order valence-corrected chi connectivity index (χ0v) is 26.4. The third kappa shape index (κ3) is 2.86. The van der Waals surface area contributed by atoms with Gasteiger partial charge in [0, 0.05) is 28.3 Å². The van der Waals surface area contributed by atoms with Crippen molar-refractivity contribution in [2.45, 2.75) is 109 Å². The van der Waals surface area contributed by atoms with Crippen molar-refractivity contribution >= 4 is 11.0 Å². The highest BCUT2D eigenvalue weighted by Crippen LogP contribution is 2.82. The van der Waals surface area contributed by atoms with E-state index in [2.05, 4.69) is 124 Å². The molecule has 0 spiro atoms. The number of aryl methyl sites for hydroxylation is 3. The van der Waals surface area contributed by atoms with Crippen molar-refractivity contribution in [2.75, 3.05) is 0 Å². The predicted octanol–water partition coefficient (Wildman–Crippen LogP) is 8.14. The number of hydrogen-bond acceptors (Lipinski definition) is 4. The molecular formula is C32H48N6. The molecule has 0 aromatic carbocycles. The second-order valence-electron chi connectivity index (χ2n) is 14.8. The Balaban J connectivity index is 2.07. The number of aromatic nitrogens is 5. The van der Waals surface area contributed by atoms with E-state index in [-0.39, 0.29) is 27.1 Å². The summed E-state index contributed by atoms with van der Waals surface area (Å²) >= 11 is 0. The highest BCUT2D eigenvalue weighted by atomic mass is 15.3. The van der Waals surface area contributed by atoms with Gasteiger partial charge in [-0.1, -0.05) is 62.3 Å². The van der Waals surface area contributed by atoms with Crippen LogP contribution in [0, 0.1) is 64.6 Å². The third-order valence-corrected chi connectivity index (χ3v) is 13.2. The van der Waals surface area contributed by atoms with Crippen molar-refractivity contribution in [1.82, 2.24) is 24.7 Å². The molecule has 4 rings (SSSR count). The Kier molecular flexibility index (Phi) is 5.74. The van der Waals surface area contributed by atoms with Crippen molar-refractivity contribution in [3.05, 3.63) is 29.5 Å². The predicted molar refractivity (Wildman–Crippen MR) is 156 cm³/mol. The largest absolute Gasteiger partial charge is 0.343 e. The van der Waals surface area contributed by atoms with Crippen molar-refractivity contribution in [2.24, 2.45) is 32.5 Å². The molecule has 1 aliphatic rings. The average Bonchev–Trinajstić information content (AvgIpc) is 3.42. The van der Waals surface area contributed by atoms with Crippen LogP contribution in [-0.2, 0) is 5.54 Å². The van der Waals surface area contributed by atoms with Gasteiger partial charge < -0.3 is 4.98 Å². The molecule has 0 amide bonds. The van der Waals surface area contributed by atoms with E-state index in [0.29, 0.717) is 0 Å². The van der Waals surface area contributed by atoms with Gasteiger partial charge in [0.1, 0.15) is 11.5 Å². The summed E-state index contributed by atoms with van der Waals surface area (Å²) in [5, 5.41) is 16.8. The van der Waals surface area contributed by atoms with E-state index in [1.807, 2.05) is 13.1 Å². The first-order valence-electron chi connectivity index (χ1n) is 13.9. The molecule has 1 N–H and O–H groups in total. The number of nitrogens with one attached hydrogen (secondary N) is 1. The summed E-state index contributed by atoms with van der Waals surface area (Å²) in [5.74, 6) is 0.718. The van der Waals surface area contributed by atoms with Gasteiger partial charge in [0.05, 0.1) is 28.9 Å². The third-order valence-electron chi connectivity index (χ3n) is 13.2. The average molecular weight is 517 g/mol. The van der Waals surface area contributed by atoms with Crippen LogP contribution in [0.5, 0.6) is 0 Å². The molecule has 1 fully saturated rings. The second kappa shape index (κ2) is 7.71. The van der Waals surface area contributed by atoms with Crippen molar-refractivity contribution in [3.8, 4) is 17.3 Å². The molecule has 6 heteroatoms. The van der Waals surface area contributed by atoms with Crippen LogP contribution in [0.25, 0.3) is 22.3 Å². The van der Waals surface area contributed by atoms with Gasteiger partial charge in [-0.3, -0.25) is 4.68 Å². The minimum Gasteiger partial charge on any atom is -0.343 e. The van der Waals surface area contributed by atoms with E-state index in [1.165, 1.54) is 0 Å². The van der Waals surface area contributed by atoms with E-state index in [9.17, 15) is 5.26 Å². The van der Waals surface area contributed by atoms with Gasteiger partial charge in [0.2, 0.25) is 0 Å². The number of hydrogen-bond donors (Lipinski definition) is 1. The van der Waals surface area contributed by atoms with Gasteiger partial charge in [0.25, 0.3) is 0 Å². The quantitative estimate of drug-likeness (QED) is 0.379. The summed E-state index contributed by atoms with van der Waals surface area (Å²) in [6.07, 6.45) is 4.04. The Morgan fingerprint density at radius 3 is 1.87 bits per heavy atom. The zero-order chi connectivity index (χ0) is 29.1. The lowest BCUT2D eigenvalue weighted by molar-refractivity contribution is -0.149. The van der Waals surface area contributed by atoms with E-state index in [4.69, 9.17) is 10.1 Å². The summed E-state index contributed by atoms with van der Waals surface area (Å²) in [5.41, 5.74) is 2.88. The van der Waals surface area contributed by atoms with E-state index in [1.54, 1.807) is 0 Å². The lowest BCUT2D eigenvalue weighted by atomic mass is 9.43. The van der Waals surface area contributed by atoms with Crippen molar-refractivity contribution in [1.29, 1.82) is 5.26 Å². The molecule has 206 valence electrons. The standard InChI is InChI=1S/C32H48N6/c1-19-20(2)35-25-23(19)24(36-21(3)37-25)22-16-34-38(17-22)32(15,26(4,5)18-33)31(14)29(10,11)27(6,7)28(8,9)30(31,12)13/h16-17H,1-15H3,(H,35,36,37)/t32-/m1/s1. The summed E-state index contributed by atoms with van der Waals surface area (Å²) in [6, 6.07) is 2.72. The molecule has 0 saturated heterocycles.